The van der Waals surface area contributed by atoms with E-state index in [0.717, 1.165) is 21.0 Å². The molecule has 0 amide bonds. The van der Waals surface area contributed by atoms with Gasteiger partial charge in [0.15, 0.2) is 0 Å². The van der Waals surface area contributed by atoms with E-state index in [4.69, 9.17) is 22.3 Å². The molecule has 11 heavy (non-hydrogen) atoms. The summed E-state index contributed by atoms with van der Waals surface area (Å²) in [5, 5.41) is 0.803. The predicted octanol–water partition coefficient (Wildman–Crippen LogP) is 4.20. The minimum Gasteiger partial charge on any atom is -0.0840 e. The number of hydrogen-bond donors (Lipinski definition) is 0. The van der Waals surface area contributed by atoms with Crippen LogP contribution >= 0.6 is 33.3 Å². The molecule has 0 aliphatic rings. The number of benzene rings is 1. The van der Waals surface area contributed by atoms with E-state index in [-0.39, 0.29) is 0 Å². The summed E-state index contributed by atoms with van der Waals surface area (Å²) in [6.07, 6.45) is 0. The van der Waals surface area contributed by atoms with E-state index < -0.39 is 0 Å². The summed E-state index contributed by atoms with van der Waals surface area (Å²) in [6, 6.07) is 3.80. The van der Waals surface area contributed by atoms with Gasteiger partial charge in [-0.15, -0.1) is 0 Å². The average Bonchev–Trinajstić information content (AvgIpc) is 2.01. The third kappa shape index (κ3) is 1.84. The van der Waals surface area contributed by atoms with Crippen molar-refractivity contribution in [2.45, 2.75) is 18.7 Å². The van der Waals surface area contributed by atoms with Crippen LogP contribution in [0.2, 0.25) is 5.02 Å². The average molecular weight is 207 g/mol. The first kappa shape index (κ1) is 9.24. The second-order valence-corrected chi connectivity index (χ2v) is 3.84. The van der Waals surface area contributed by atoms with Gasteiger partial charge < -0.3 is 0 Å². The molecule has 0 atom stereocenters. The highest BCUT2D eigenvalue weighted by molar-refractivity contribution is 8.21. The van der Waals surface area contributed by atoms with Crippen LogP contribution in [0.5, 0.6) is 0 Å². The van der Waals surface area contributed by atoms with Gasteiger partial charge in [0.2, 0.25) is 0 Å². The number of hydrogen-bond acceptors (Lipinski definition) is 1. The molecule has 0 unspecified atom stereocenters. The summed E-state index contributed by atoms with van der Waals surface area (Å²) in [5.74, 6) is 0. The molecule has 0 nitrogen and oxygen atoms in total. The summed E-state index contributed by atoms with van der Waals surface area (Å²) in [7, 11) is 6.86. The van der Waals surface area contributed by atoms with Gasteiger partial charge in [-0.1, -0.05) is 11.6 Å². The van der Waals surface area contributed by atoms with Crippen LogP contribution in [0.15, 0.2) is 17.0 Å². The van der Waals surface area contributed by atoms with E-state index in [2.05, 4.69) is 0 Å². The lowest BCUT2D eigenvalue weighted by molar-refractivity contribution is 1.24. The van der Waals surface area contributed by atoms with Gasteiger partial charge in [0.05, 0.1) is 0 Å². The van der Waals surface area contributed by atoms with Crippen LogP contribution in [0.4, 0.5) is 0 Å². The third-order valence-corrected chi connectivity index (χ3v) is 3.27. The molecule has 0 fully saturated rings. The van der Waals surface area contributed by atoms with Crippen molar-refractivity contribution in [1.82, 2.24) is 0 Å². The molecule has 0 aliphatic heterocycles. The fourth-order valence-electron chi connectivity index (χ4n) is 0.846. The van der Waals surface area contributed by atoms with Crippen molar-refractivity contribution >= 4 is 33.3 Å². The van der Waals surface area contributed by atoms with Gasteiger partial charge in [0, 0.05) is 9.92 Å². The van der Waals surface area contributed by atoms with Crippen molar-refractivity contribution in [3.8, 4) is 0 Å². The highest BCUT2D eigenvalue weighted by atomic mass is 35.7. The molecule has 1 aromatic carbocycles. The first-order valence-electron chi connectivity index (χ1n) is 3.21. The van der Waals surface area contributed by atoms with E-state index in [0.29, 0.717) is 0 Å². The molecule has 0 saturated carbocycles. The predicted molar refractivity (Wildman–Crippen MR) is 52.6 cm³/mol. The third-order valence-electron chi connectivity index (χ3n) is 1.75. The molecule has 0 aromatic heterocycles. The lowest BCUT2D eigenvalue weighted by atomic mass is 10.1. The highest BCUT2D eigenvalue weighted by Gasteiger charge is 2.03. The zero-order valence-corrected chi connectivity index (χ0v) is 8.65. The summed E-state index contributed by atoms with van der Waals surface area (Å²) in [5.41, 5.74) is 2.27. The number of rotatable bonds is 1. The van der Waals surface area contributed by atoms with Crippen molar-refractivity contribution in [2.24, 2.45) is 0 Å². The summed E-state index contributed by atoms with van der Waals surface area (Å²) in [4.78, 5) is 1.08. The fourth-order valence-corrected chi connectivity index (χ4v) is 1.94. The van der Waals surface area contributed by atoms with E-state index in [1.807, 2.05) is 26.0 Å². The van der Waals surface area contributed by atoms with Gasteiger partial charge >= 0.3 is 0 Å². The molecule has 0 N–H and O–H groups in total. The van der Waals surface area contributed by atoms with Gasteiger partial charge in [-0.2, -0.15) is 0 Å². The maximum absolute atomic E-state index is 5.89. The summed E-state index contributed by atoms with van der Waals surface area (Å²) >= 11 is 5.89. The minimum absolute atomic E-state index is 0.803. The summed E-state index contributed by atoms with van der Waals surface area (Å²) in [6.45, 7) is 4.01. The molecular formula is C8H8Cl2S. The lowest BCUT2D eigenvalue weighted by Crippen LogP contribution is -1.84. The van der Waals surface area contributed by atoms with E-state index in [9.17, 15) is 0 Å². The van der Waals surface area contributed by atoms with Crippen LogP contribution in [0.3, 0.4) is 0 Å². The second kappa shape index (κ2) is 3.70. The van der Waals surface area contributed by atoms with Gasteiger partial charge in [0.25, 0.3) is 0 Å². The second-order valence-electron chi connectivity index (χ2n) is 2.37. The maximum Gasteiger partial charge on any atom is 0.0438 e. The van der Waals surface area contributed by atoms with Gasteiger partial charge in [-0.3, -0.25) is 0 Å². The molecule has 1 rings (SSSR count). The quantitative estimate of drug-likeness (QED) is 0.664. The van der Waals surface area contributed by atoms with Crippen molar-refractivity contribution < 1.29 is 0 Å². The minimum atomic E-state index is 0.803. The Hall–Kier alpha value is 0.150. The standard InChI is InChI=1S/C8H8Cl2S/c1-5-6(2)8(11-10)4-3-7(5)9/h3-4H,1-2H3. The molecule has 0 radical (unpaired) electrons. The van der Waals surface area contributed by atoms with E-state index in [1.165, 1.54) is 11.0 Å². The maximum atomic E-state index is 5.89. The Morgan fingerprint density at radius 1 is 1.18 bits per heavy atom. The van der Waals surface area contributed by atoms with Crippen LogP contribution < -0.4 is 0 Å². The molecule has 3 heteroatoms. The Kier molecular flexibility index (Phi) is 3.11. The largest absolute Gasteiger partial charge is 0.0840 e. The monoisotopic (exact) mass is 206 g/mol. The SMILES string of the molecule is Cc1c(Cl)ccc(SCl)c1C. The molecule has 0 spiro atoms. The molecular weight excluding hydrogens is 199 g/mol. The smallest absolute Gasteiger partial charge is 0.0438 e. The number of halogens is 2. The van der Waals surface area contributed by atoms with Gasteiger partial charge in [0.1, 0.15) is 0 Å². The topological polar surface area (TPSA) is 0 Å². The van der Waals surface area contributed by atoms with E-state index >= 15 is 0 Å². The molecule has 1 aromatic rings. The molecule has 0 bridgehead atoms. The molecule has 0 heterocycles. The van der Waals surface area contributed by atoms with Crippen molar-refractivity contribution in [2.75, 3.05) is 0 Å². The Morgan fingerprint density at radius 3 is 2.36 bits per heavy atom. The molecule has 60 valence electrons. The van der Waals surface area contributed by atoms with Crippen molar-refractivity contribution in [1.29, 1.82) is 0 Å². The van der Waals surface area contributed by atoms with Gasteiger partial charge in [-0.05, 0) is 58.8 Å². The first-order valence-corrected chi connectivity index (χ1v) is 5.23. The highest BCUT2D eigenvalue weighted by Crippen LogP contribution is 2.30. The van der Waals surface area contributed by atoms with E-state index in [1.54, 1.807) is 0 Å². The Bertz CT molecular complexity index is 271. The first-order chi connectivity index (χ1) is 5.16. The molecule has 0 aliphatic carbocycles. The van der Waals surface area contributed by atoms with Crippen LogP contribution in [-0.4, -0.2) is 0 Å². The Balaban J connectivity index is 3.25. The normalized spacial score (nSPS) is 10.2. The zero-order valence-electron chi connectivity index (χ0n) is 6.32. The summed E-state index contributed by atoms with van der Waals surface area (Å²) < 4.78 is 0. The Labute approximate surface area is 80.4 Å². The zero-order chi connectivity index (χ0) is 8.43. The molecule has 0 saturated heterocycles. The lowest BCUT2D eigenvalue weighted by Gasteiger charge is -2.05. The van der Waals surface area contributed by atoms with Crippen molar-refractivity contribution in [3.63, 3.8) is 0 Å². The van der Waals surface area contributed by atoms with Crippen LogP contribution in [0, 0.1) is 13.8 Å². The Morgan fingerprint density at radius 2 is 1.82 bits per heavy atom. The van der Waals surface area contributed by atoms with Crippen LogP contribution in [0.1, 0.15) is 11.1 Å². The fraction of sp³-hybridized carbons (Fsp3) is 0.250. The van der Waals surface area contributed by atoms with Crippen molar-refractivity contribution in [3.05, 3.63) is 28.3 Å². The van der Waals surface area contributed by atoms with Gasteiger partial charge in [-0.25, -0.2) is 0 Å². The van der Waals surface area contributed by atoms with Crippen LogP contribution in [0.25, 0.3) is 0 Å². The van der Waals surface area contributed by atoms with Crippen LogP contribution in [-0.2, 0) is 0 Å².